The molecule has 20 heavy (non-hydrogen) atoms. The van der Waals surface area contributed by atoms with E-state index in [9.17, 15) is 0 Å². The first-order valence-corrected chi connectivity index (χ1v) is 7.06. The van der Waals surface area contributed by atoms with Crippen molar-refractivity contribution in [3.8, 4) is 10.6 Å². The van der Waals surface area contributed by atoms with E-state index in [1.54, 1.807) is 0 Å². The molecule has 0 aliphatic heterocycles. The Morgan fingerprint density at radius 2 is 1.75 bits per heavy atom. The van der Waals surface area contributed by atoms with Gasteiger partial charge < -0.3 is 11.1 Å². The average molecular weight is 282 g/mol. The Hall–Kier alpha value is -2.40. The lowest BCUT2D eigenvalue weighted by Crippen LogP contribution is -1.89. The van der Waals surface area contributed by atoms with Crippen molar-refractivity contribution in [1.29, 1.82) is 0 Å². The molecule has 3 rings (SSSR count). The van der Waals surface area contributed by atoms with Crippen LogP contribution in [-0.2, 0) is 0 Å². The van der Waals surface area contributed by atoms with Crippen LogP contribution in [-0.4, -0.2) is 10.2 Å². The molecule has 4 nitrogen and oxygen atoms in total. The maximum absolute atomic E-state index is 5.95. The summed E-state index contributed by atoms with van der Waals surface area (Å²) in [7, 11) is 0. The van der Waals surface area contributed by atoms with Gasteiger partial charge in [0.1, 0.15) is 0 Å². The Balaban J connectivity index is 1.84. The molecule has 1 aromatic heterocycles. The van der Waals surface area contributed by atoms with Crippen LogP contribution < -0.4 is 11.1 Å². The monoisotopic (exact) mass is 282 g/mol. The maximum atomic E-state index is 5.95. The largest absolute Gasteiger partial charge is 0.398 e. The van der Waals surface area contributed by atoms with Crippen LogP contribution in [0.25, 0.3) is 10.6 Å². The minimum atomic E-state index is 0.713. The number of nitrogens with zero attached hydrogens (tertiary/aromatic N) is 2. The summed E-state index contributed by atoms with van der Waals surface area (Å²) in [6.45, 7) is 2.06. The zero-order valence-corrected chi connectivity index (χ0v) is 11.8. The number of hydrogen-bond donors (Lipinski definition) is 2. The van der Waals surface area contributed by atoms with Gasteiger partial charge in [-0.25, -0.2) is 0 Å². The van der Waals surface area contributed by atoms with E-state index in [0.29, 0.717) is 5.69 Å². The lowest BCUT2D eigenvalue weighted by molar-refractivity contribution is 1.10. The minimum absolute atomic E-state index is 0.713. The van der Waals surface area contributed by atoms with Gasteiger partial charge in [0, 0.05) is 16.9 Å². The van der Waals surface area contributed by atoms with Crippen molar-refractivity contribution in [2.75, 3.05) is 11.1 Å². The Kier molecular flexibility index (Phi) is 3.35. The molecule has 0 aliphatic carbocycles. The second kappa shape index (κ2) is 5.30. The molecule has 0 unspecified atom stereocenters. The maximum Gasteiger partial charge on any atom is 0.210 e. The molecule has 3 aromatic rings. The van der Waals surface area contributed by atoms with Gasteiger partial charge in [-0.1, -0.05) is 41.2 Å². The van der Waals surface area contributed by atoms with Crippen molar-refractivity contribution in [2.24, 2.45) is 0 Å². The summed E-state index contributed by atoms with van der Waals surface area (Å²) in [6, 6.07) is 15.8. The fourth-order valence-corrected chi connectivity index (χ4v) is 2.65. The number of hydrogen-bond acceptors (Lipinski definition) is 5. The van der Waals surface area contributed by atoms with E-state index in [1.165, 1.54) is 16.9 Å². The Bertz CT molecular complexity index is 719. The molecule has 0 amide bonds. The Morgan fingerprint density at radius 1 is 1.00 bits per heavy atom. The molecule has 1 heterocycles. The second-order valence-corrected chi connectivity index (χ2v) is 5.47. The molecular formula is C15H14N4S. The number of benzene rings is 2. The standard InChI is InChI=1S/C15H14N4S/c1-10-6-8-11(9-7-10)17-15-19-18-14(20-15)12-4-2-3-5-13(12)16/h2-9H,16H2,1H3,(H,17,19). The highest BCUT2D eigenvalue weighted by atomic mass is 32.1. The number of nitrogens with one attached hydrogen (secondary N) is 1. The van der Waals surface area contributed by atoms with Gasteiger partial charge in [-0.2, -0.15) is 0 Å². The summed E-state index contributed by atoms with van der Waals surface area (Å²) >= 11 is 1.49. The van der Waals surface area contributed by atoms with E-state index in [1.807, 2.05) is 36.4 Å². The summed E-state index contributed by atoms with van der Waals surface area (Å²) in [5.41, 5.74) is 9.81. The molecule has 0 aliphatic rings. The van der Waals surface area contributed by atoms with Gasteiger partial charge in [0.15, 0.2) is 5.01 Å². The SMILES string of the molecule is Cc1ccc(Nc2nnc(-c3ccccc3N)s2)cc1. The van der Waals surface area contributed by atoms with E-state index in [0.717, 1.165) is 21.4 Å². The summed E-state index contributed by atoms with van der Waals surface area (Å²) in [5.74, 6) is 0. The van der Waals surface area contributed by atoms with Crippen molar-refractivity contribution >= 4 is 27.8 Å². The van der Waals surface area contributed by atoms with Gasteiger partial charge in [-0.05, 0) is 31.2 Å². The topological polar surface area (TPSA) is 63.8 Å². The molecule has 5 heteroatoms. The van der Waals surface area contributed by atoms with Crippen molar-refractivity contribution in [1.82, 2.24) is 10.2 Å². The van der Waals surface area contributed by atoms with Crippen LogP contribution in [0.2, 0.25) is 0 Å². The molecule has 0 saturated heterocycles. The molecule has 0 spiro atoms. The second-order valence-electron chi connectivity index (χ2n) is 4.49. The highest BCUT2D eigenvalue weighted by molar-refractivity contribution is 7.18. The average Bonchev–Trinajstić information content (AvgIpc) is 2.90. The van der Waals surface area contributed by atoms with Crippen LogP contribution >= 0.6 is 11.3 Å². The number of aromatic nitrogens is 2. The lowest BCUT2D eigenvalue weighted by atomic mass is 10.2. The van der Waals surface area contributed by atoms with Crippen molar-refractivity contribution in [3.05, 3.63) is 54.1 Å². The van der Waals surface area contributed by atoms with Crippen LogP contribution in [0.4, 0.5) is 16.5 Å². The third-order valence-corrected chi connectivity index (χ3v) is 3.79. The predicted octanol–water partition coefficient (Wildman–Crippen LogP) is 3.84. The summed E-state index contributed by atoms with van der Waals surface area (Å²) in [4.78, 5) is 0. The van der Waals surface area contributed by atoms with Gasteiger partial charge in [0.05, 0.1) is 0 Å². The van der Waals surface area contributed by atoms with Crippen molar-refractivity contribution in [3.63, 3.8) is 0 Å². The zero-order chi connectivity index (χ0) is 13.9. The molecule has 2 aromatic carbocycles. The van der Waals surface area contributed by atoms with E-state index in [-0.39, 0.29) is 0 Å². The van der Waals surface area contributed by atoms with Gasteiger partial charge in [-0.15, -0.1) is 10.2 Å². The molecule has 3 N–H and O–H groups in total. The van der Waals surface area contributed by atoms with Crippen LogP contribution in [0, 0.1) is 6.92 Å². The number of nitrogen functional groups attached to an aromatic ring is 1. The summed E-state index contributed by atoms with van der Waals surface area (Å²) in [6.07, 6.45) is 0. The Morgan fingerprint density at radius 3 is 2.50 bits per heavy atom. The predicted molar refractivity (Wildman–Crippen MR) is 84.2 cm³/mol. The first-order chi connectivity index (χ1) is 9.72. The van der Waals surface area contributed by atoms with E-state index < -0.39 is 0 Å². The van der Waals surface area contributed by atoms with Crippen LogP contribution in [0.1, 0.15) is 5.56 Å². The van der Waals surface area contributed by atoms with E-state index in [2.05, 4.69) is 34.6 Å². The van der Waals surface area contributed by atoms with Crippen LogP contribution in [0.5, 0.6) is 0 Å². The van der Waals surface area contributed by atoms with E-state index >= 15 is 0 Å². The van der Waals surface area contributed by atoms with Gasteiger partial charge in [0.2, 0.25) is 5.13 Å². The van der Waals surface area contributed by atoms with Crippen LogP contribution in [0.3, 0.4) is 0 Å². The molecule has 100 valence electrons. The fraction of sp³-hybridized carbons (Fsp3) is 0.0667. The lowest BCUT2D eigenvalue weighted by Gasteiger charge is -2.01. The first-order valence-electron chi connectivity index (χ1n) is 6.24. The van der Waals surface area contributed by atoms with Gasteiger partial charge >= 0.3 is 0 Å². The highest BCUT2D eigenvalue weighted by Gasteiger charge is 2.09. The molecular weight excluding hydrogens is 268 g/mol. The quantitative estimate of drug-likeness (QED) is 0.716. The molecule has 0 bridgehead atoms. The minimum Gasteiger partial charge on any atom is -0.398 e. The van der Waals surface area contributed by atoms with Crippen LogP contribution in [0.15, 0.2) is 48.5 Å². The Labute approximate surface area is 121 Å². The first kappa shape index (κ1) is 12.6. The van der Waals surface area contributed by atoms with Crippen molar-refractivity contribution < 1.29 is 0 Å². The zero-order valence-electron chi connectivity index (χ0n) is 11.0. The molecule has 0 fully saturated rings. The highest BCUT2D eigenvalue weighted by Crippen LogP contribution is 2.31. The third kappa shape index (κ3) is 2.62. The molecule has 0 radical (unpaired) electrons. The summed E-state index contributed by atoms with van der Waals surface area (Å²) in [5, 5.41) is 13.2. The van der Waals surface area contributed by atoms with Gasteiger partial charge in [0.25, 0.3) is 0 Å². The molecule has 0 saturated carbocycles. The summed E-state index contributed by atoms with van der Waals surface area (Å²) < 4.78 is 0. The van der Waals surface area contributed by atoms with E-state index in [4.69, 9.17) is 5.73 Å². The third-order valence-electron chi connectivity index (χ3n) is 2.92. The number of para-hydroxylation sites is 1. The smallest absolute Gasteiger partial charge is 0.210 e. The van der Waals surface area contributed by atoms with Crippen molar-refractivity contribution in [2.45, 2.75) is 6.92 Å². The fourth-order valence-electron chi connectivity index (χ4n) is 1.83. The molecule has 0 atom stereocenters. The number of rotatable bonds is 3. The number of aryl methyl sites for hydroxylation is 1. The number of anilines is 3. The number of nitrogens with two attached hydrogens (primary N) is 1. The normalized spacial score (nSPS) is 10.4. The van der Waals surface area contributed by atoms with Gasteiger partial charge in [-0.3, -0.25) is 0 Å².